The van der Waals surface area contributed by atoms with E-state index in [-0.39, 0.29) is 30.9 Å². The van der Waals surface area contributed by atoms with E-state index in [0.717, 1.165) is 0 Å². The number of para-hydroxylation sites is 1. The fraction of sp³-hybridized carbons (Fsp3) is 0.378. The minimum Gasteiger partial charge on any atom is -0.663 e. The number of allylic oxidation sites excluding steroid dienone is 4. The molecule has 0 saturated heterocycles. The maximum atomic E-state index is 5.72. The van der Waals surface area contributed by atoms with Crippen molar-refractivity contribution >= 4 is 41.8 Å². The van der Waals surface area contributed by atoms with Crippen molar-refractivity contribution in [3.8, 4) is 0 Å². The second-order valence-electron chi connectivity index (χ2n) is 15.3. The molecule has 0 bridgehead atoms. The molecular weight excluding hydrogens is 630 g/mol. The molecule has 7 heteroatoms. The molecular formula is C37H55N2ScSi4-. The van der Waals surface area contributed by atoms with Gasteiger partial charge >= 0.3 is 0 Å². The summed E-state index contributed by atoms with van der Waals surface area (Å²) in [5.74, 6) is 0. The van der Waals surface area contributed by atoms with Gasteiger partial charge in [0.25, 0.3) is 0 Å². The number of hydrogen-bond acceptors (Lipinski definition) is 1. The van der Waals surface area contributed by atoms with Gasteiger partial charge in [0.15, 0.2) is 0 Å². The monoisotopic (exact) mass is 684 g/mol. The molecule has 1 heterocycles. The molecule has 0 spiro atoms. The largest absolute Gasteiger partial charge is 0.663 e. The molecule has 1 aliphatic heterocycles. The molecule has 0 aromatic heterocycles. The van der Waals surface area contributed by atoms with Crippen molar-refractivity contribution in [1.29, 1.82) is 0 Å². The predicted octanol–water partition coefficient (Wildman–Crippen LogP) is 11.0. The quantitative estimate of drug-likeness (QED) is 0.276. The maximum Gasteiger partial charge on any atom is 0.110 e. The molecule has 4 aliphatic rings. The summed E-state index contributed by atoms with van der Waals surface area (Å²) in [5, 5.41) is 8.55. The zero-order valence-electron chi connectivity index (χ0n) is 29.7. The number of rotatable bonds is 5. The topological polar surface area (TPSA) is 26.5 Å². The Morgan fingerprint density at radius 2 is 1.11 bits per heavy atom. The van der Waals surface area contributed by atoms with E-state index in [1.807, 2.05) is 64.2 Å². The maximum absolute atomic E-state index is 5.72. The molecule has 1 aromatic carbocycles. The average molecular weight is 685 g/mol. The molecule has 0 amide bonds. The first kappa shape index (κ1) is 39.8. The van der Waals surface area contributed by atoms with E-state index in [9.17, 15) is 0 Å². The van der Waals surface area contributed by atoms with Gasteiger partial charge in [-0.3, -0.25) is 4.99 Å². The predicted molar refractivity (Wildman–Crippen MR) is 203 cm³/mol. The van der Waals surface area contributed by atoms with E-state index in [0.29, 0.717) is 0 Å². The van der Waals surface area contributed by atoms with Crippen molar-refractivity contribution < 1.29 is 25.8 Å². The number of aliphatic imine (C=N–C) groups is 1. The van der Waals surface area contributed by atoms with E-state index in [2.05, 4.69) is 123 Å². The van der Waals surface area contributed by atoms with E-state index in [1.165, 1.54) is 38.7 Å². The zero-order chi connectivity index (χ0) is 32.3. The van der Waals surface area contributed by atoms with Gasteiger partial charge in [-0.15, -0.1) is 5.69 Å². The first-order valence-corrected chi connectivity index (χ1v) is 30.2. The second-order valence-corrected chi connectivity index (χ2v) is 47.3. The standard InChI is InChI=1S/C27H45N2Si4.2C5H5.Sc/c1-20-16-14-17-21(2)23(20)28-25(30(5,6)7)26-29-24-22(3)18-15-19-27(24,4)33(26,31(8,9)10)32(11,12)13;2*1-2-4-5-3-1;/h14-19H,1-13H3;2*1-5H;/q-1;;;/b26-25-;;;. The average Bonchev–Trinajstić information content (AvgIpc) is 3.65. The van der Waals surface area contributed by atoms with Gasteiger partial charge in [-0.25, -0.2) is 0 Å². The number of hydrogen-bond donors (Lipinski definition) is 0. The van der Waals surface area contributed by atoms with E-state index in [4.69, 9.17) is 10.3 Å². The molecule has 0 N–H and O–H groups in total. The summed E-state index contributed by atoms with van der Waals surface area (Å²) in [4.78, 5) is 5.72. The van der Waals surface area contributed by atoms with Crippen LogP contribution in [0, 0.1) is 78.1 Å². The Morgan fingerprint density at radius 1 is 0.705 bits per heavy atom. The fourth-order valence-electron chi connectivity index (χ4n) is 7.84. The van der Waals surface area contributed by atoms with Gasteiger partial charge in [0, 0.05) is 51.8 Å². The third kappa shape index (κ3) is 8.19. The third-order valence-electron chi connectivity index (χ3n) is 8.96. The van der Waals surface area contributed by atoms with Gasteiger partial charge in [0.2, 0.25) is 0 Å². The summed E-state index contributed by atoms with van der Waals surface area (Å²) in [6, 6.07) is 6.56. The molecule has 2 nitrogen and oxygen atoms in total. The number of fused-ring (bicyclic) bond motifs is 1. The van der Waals surface area contributed by atoms with Crippen molar-refractivity contribution in [1.82, 2.24) is 0 Å². The Labute approximate surface area is 295 Å². The van der Waals surface area contributed by atoms with Crippen LogP contribution < -0.4 is 0 Å². The molecule has 1 unspecified atom stereocenters. The van der Waals surface area contributed by atoms with Crippen LogP contribution in [0.2, 0.25) is 64.0 Å². The smallest absolute Gasteiger partial charge is 0.110 e. The summed E-state index contributed by atoms with van der Waals surface area (Å²) in [6.07, 6.45) is 27.2. The van der Waals surface area contributed by atoms with E-state index >= 15 is 0 Å². The summed E-state index contributed by atoms with van der Waals surface area (Å²) >= 11 is 0. The van der Waals surface area contributed by atoms with E-state index in [1.54, 1.807) is 0 Å². The molecule has 5 rings (SSSR count). The Bertz CT molecular complexity index is 1190. The van der Waals surface area contributed by atoms with Crippen LogP contribution in [0.5, 0.6) is 0 Å². The van der Waals surface area contributed by atoms with Crippen LogP contribution in [0.1, 0.15) is 25.0 Å². The molecule has 11 radical (unpaired) electrons. The van der Waals surface area contributed by atoms with Gasteiger partial charge in [-0.1, -0.05) is 113 Å². The fourth-order valence-corrected chi connectivity index (χ4v) is 63.3. The zero-order valence-corrected chi connectivity index (χ0v) is 35.5. The Kier molecular flexibility index (Phi) is 14.2. The Hall–Kier alpha value is -0.352. The van der Waals surface area contributed by atoms with Crippen LogP contribution in [-0.2, 0) is 25.8 Å². The first-order chi connectivity index (χ1) is 19.9. The van der Waals surface area contributed by atoms with Crippen molar-refractivity contribution in [2.24, 2.45) is 4.99 Å². The summed E-state index contributed by atoms with van der Waals surface area (Å²) in [5.41, 5.74) is 6.41. The van der Waals surface area contributed by atoms with E-state index < -0.39 is 30.4 Å². The van der Waals surface area contributed by atoms with Crippen LogP contribution in [0.4, 0.5) is 5.69 Å². The Morgan fingerprint density at radius 3 is 1.48 bits per heavy atom. The van der Waals surface area contributed by atoms with Gasteiger partial charge < -0.3 is 5.32 Å². The van der Waals surface area contributed by atoms with Crippen molar-refractivity contribution in [3.05, 3.63) is 133 Å². The van der Waals surface area contributed by atoms with Gasteiger partial charge in [0.1, 0.15) is 7.11 Å². The SMILES string of the molecule is CC1=CC=CC2(C)C1=N/C(=C(\[N-]c1c(C)cccc1C)[Si](C)(C)C)[Si]2([Si](C)(C)C)[Si](C)(C)C.[CH]1[CH][CH][CH][CH]1.[CH]1[CH][CH][CH][CH]1.[Sc]. The Balaban J connectivity index is 0.000000516. The summed E-state index contributed by atoms with van der Waals surface area (Å²) < 4.78 is 0. The van der Waals surface area contributed by atoms with Gasteiger partial charge in [0.05, 0.1) is 8.07 Å². The summed E-state index contributed by atoms with van der Waals surface area (Å²) in [6.45, 7) is 32.5. The first-order valence-electron chi connectivity index (χ1n) is 15.7. The summed E-state index contributed by atoms with van der Waals surface area (Å²) in [7, 11) is -7.21. The van der Waals surface area contributed by atoms with Crippen LogP contribution in [-0.4, -0.2) is 36.1 Å². The normalized spacial score (nSPS) is 23.7. The second kappa shape index (κ2) is 15.7. The van der Waals surface area contributed by atoms with Crippen molar-refractivity contribution in [2.75, 3.05) is 0 Å². The molecule has 1 aromatic rings. The number of benzene rings is 1. The van der Waals surface area contributed by atoms with Gasteiger partial charge in [-0.2, -0.15) is 5.32 Å². The minimum atomic E-state index is -2.09. The van der Waals surface area contributed by atoms with Crippen molar-refractivity contribution in [3.63, 3.8) is 0 Å². The minimum absolute atomic E-state index is 0. The molecule has 1 atom stereocenters. The van der Waals surface area contributed by atoms with Crippen LogP contribution >= 0.6 is 0 Å². The van der Waals surface area contributed by atoms with Crippen molar-refractivity contribution in [2.45, 2.75) is 91.7 Å². The molecule has 2 fully saturated rings. The third-order valence-corrected chi connectivity index (χ3v) is 50.0. The molecule has 3 aliphatic carbocycles. The molecule has 233 valence electrons. The van der Waals surface area contributed by atoms with Crippen LogP contribution in [0.25, 0.3) is 5.32 Å². The molecule has 44 heavy (non-hydrogen) atoms. The number of aryl methyl sites for hydroxylation is 2. The number of nitrogens with zero attached hydrogens (tertiary/aromatic N) is 2. The molecule has 2 saturated carbocycles. The van der Waals surface area contributed by atoms with Gasteiger partial charge in [-0.05, 0) is 95.9 Å². The van der Waals surface area contributed by atoms with Crippen LogP contribution in [0.3, 0.4) is 0 Å². The van der Waals surface area contributed by atoms with Crippen LogP contribution in [0.15, 0.2) is 57.6 Å².